The Balaban J connectivity index is 2.97. The number of hydrogen-bond acceptors (Lipinski definition) is 3. The molecule has 0 aliphatic rings. The Kier molecular flexibility index (Phi) is 4.37. The molecule has 0 aliphatic heterocycles. The summed E-state index contributed by atoms with van der Waals surface area (Å²) >= 11 is 0. The van der Waals surface area contributed by atoms with E-state index in [0.717, 1.165) is 6.54 Å². The van der Waals surface area contributed by atoms with Gasteiger partial charge in [0.05, 0.1) is 14.2 Å². The minimum atomic E-state index is -0.284. The molecule has 1 aromatic carbocycles. The summed E-state index contributed by atoms with van der Waals surface area (Å²) in [4.78, 5) is 0. The normalized spacial score (nSPS) is 10.1. The number of hydrogen-bond donors (Lipinski definition) is 1. The fourth-order valence-corrected chi connectivity index (χ4v) is 1.29. The number of rotatable bonds is 5. The molecule has 0 aliphatic carbocycles. The molecule has 3 nitrogen and oxygen atoms in total. The van der Waals surface area contributed by atoms with Gasteiger partial charge in [-0.2, -0.15) is 0 Å². The molecule has 0 saturated heterocycles. The quantitative estimate of drug-likeness (QED) is 0.811. The van der Waals surface area contributed by atoms with E-state index < -0.39 is 0 Å². The summed E-state index contributed by atoms with van der Waals surface area (Å²) < 4.78 is 23.6. The van der Waals surface area contributed by atoms with Crippen molar-refractivity contribution < 1.29 is 13.9 Å². The average Bonchev–Trinajstić information content (AvgIpc) is 2.27. The van der Waals surface area contributed by atoms with E-state index in [1.807, 2.05) is 6.92 Å². The van der Waals surface area contributed by atoms with Crippen LogP contribution in [-0.2, 0) is 6.54 Å². The predicted molar refractivity (Wildman–Crippen MR) is 56.9 cm³/mol. The predicted octanol–water partition coefficient (Wildman–Crippen LogP) is 1.95. The number of methoxy groups -OCH3 is 2. The molecule has 0 unspecified atom stereocenters. The van der Waals surface area contributed by atoms with E-state index in [1.54, 1.807) is 6.07 Å². The van der Waals surface area contributed by atoms with E-state index >= 15 is 0 Å². The Bertz CT molecular complexity index is 329. The summed E-state index contributed by atoms with van der Waals surface area (Å²) in [6, 6.07) is 2.99. The SMILES string of the molecule is CCNCc1cc(OC)c(OC)cc1F. The third kappa shape index (κ3) is 2.83. The number of ether oxygens (including phenoxy) is 2. The van der Waals surface area contributed by atoms with Crippen molar-refractivity contribution in [1.82, 2.24) is 5.32 Å². The second-order valence-electron chi connectivity index (χ2n) is 3.08. The highest BCUT2D eigenvalue weighted by Gasteiger charge is 2.10. The first-order valence-corrected chi connectivity index (χ1v) is 4.84. The van der Waals surface area contributed by atoms with Crippen LogP contribution in [0.15, 0.2) is 12.1 Å². The molecule has 0 amide bonds. The molecule has 0 spiro atoms. The molecule has 0 atom stereocenters. The fourth-order valence-electron chi connectivity index (χ4n) is 1.29. The van der Waals surface area contributed by atoms with Crippen molar-refractivity contribution in [1.29, 1.82) is 0 Å². The molecule has 1 rings (SSSR count). The van der Waals surface area contributed by atoms with Gasteiger partial charge in [-0.25, -0.2) is 4.39 Å². The van der Waals surface area contributed by atoms with Gasteiger partial charge in [0.25, 0.3) is 0 Å². The van der Waals surface area contributed by atoms with Crippen LogP contribution in [0.5, 0.6) is 11.5 Å². The number of nitrogens with one attached hydrogen (secondary N) is 1. The lowest BCUT2D eigenvalue weighted by Crippen LogP contribution is -2.13. The first-order chi connectivity index (χ1) is 7.22. The van der Waals surface area contributed by atoms with E-state index in [9.17, 15) is 4.39 Å². The molecule has 0 saturated carbocycles. The molecule has 0 fully saturated rings. The van der Waals surface area contributed by atoms with Crippen LogP contribution < -0.4 is 14.8 Å². The largest absolute Gasteiger partial charge is 0.493 e. The lowest BCUT2D eigenvalue weighted by molar-refractivity contribution is 0.351. The molecule has 15 heavy (non-hydrogen) atoms. The first-order valence-electron chi connectivity index (χ1n) is 4.84. The van der Waals surface area contributed by atoms with Crippen LogP contribution in [0.2, 0.25) is 0 Å². The maximum atomic E-state index is 13.5. The van der Waals surface area contributed by atoms with Crippen molar-refractivity contribution in [3.05, 3.63) is 23.5 Å². The van der Waals surface area contributed by atoms with Crippen LogP contribution in [0.1, 0.15) is 12.5 Å². The summed E-state index contributed by atoms with van der Waals surface area (Å²) in [5, 5.41) is 3.06. The fraction of sp³-hybridized carbons (Fsp3) is 0.455. The Morgan fingerprint density at radius 3 is 2.33 bits per heavy atom. The van der Waals surface area contributed by atoms with E-state index in [4.69, 9.17) is 9.47 Å². The molecular weight excluding hydrogens is 197 g/mol. The minimum absolute atomic E-state index is 0.284. The smallest absolute Gasteiger partial charge is 0.163 e. The second kappa shape index (κ2) is 5.56. The second-order valence-corrected chi connectivity index (χ2v) is 3.08. The van der Waals surface area contributed by atoms with E-state index in [0.29, 0.717) is 23.6 Å². The van der Waals surface area contributed by atoms with Crippen LogP contribution in [0, 0.1) is 5.82 Å². The van der Waals surface area contributed by atoms with Crippen LogP contribution in [0.4, 0.5) is 4.39 Å². The molecular formula is C11H16FNO2. The van der Waals surface area contributed by atoms with Crippen molar-refractivity contribution in [3.63, 3.8) is 0 Å². The standard InChI is InChI=1S/C11H16FNO2/c1-4-13-7-8-5-10(14-2)11(15-3)6-9(8)12/h5-6,13H,4,7H2,1-3H3. The lowest BCUT2D eigenvalue weighted by atomic mass is 10.2. The maximum Gasteiger partial charge on any atom is 0.163 e. The molecule has 0 aromatic heterocycles. The van der Waals surface area contributed by atoms with Gasteiger partial charge in [0.1, 0.15) is 5.82 Å². The van der Waals surface area contributed by atoms with Crippen molar-refractivity contribution >= 4 is 0 Å². The maximum absolute atomic E-state index is 13.5. The van der Waals surface area contributed by atoms with Gasteiger partial charge >= 0.3 is 0 Å². The molecule has 0 bridgehead atoms. The zero-order valence-electron chi connectivity index (χ0n) is 9.26. The molecule has 4 heteroatoms. The van der Waals surface area contributed by atoms with Gasteiger partial charge in [0.2, 0.25) is 0 Å². The molecule has 1 aromatic rings. The minimum Gasteiger partial charge on any atom is -0.493 e. The van der Waals surface area contributed by atoms with Crippen molar-refractivity contribution in [2.75, 3.05) is 20.8 Å². The third-order valence-electron chi connectivity index (χ3n) is 2.12. The highest BCUT2D eigenvalue weighted by atomic mass is 19.1. The Morgan fingerprint density at radius 2 is 1.80 bits per heavy atom. The van der Waals surface area contributed by atoms with Gasteiger partial charge in [-0.05, 0) is 12.6 Å². The summed E-state index contributed by atoms with van der Waals surface area (Å²) in [6.45, 7) is 3.26. The van der Waals surface area contributed by atoms with Crippen molar-refractivity contribution in [2.45, 2.75) is 13.5 Å². The van der Waals surface area contributed by atoms with Gasteiger partial charge in [-0.15, -0.1) is 0 Å². The topological polar surface area (TPSA) is 30.5 Å². The van der Waals surface area contributed by atoms with E-state index in [2.05, 4.69) is 5.32 Å². The Hall–Kier alpha value is -1.29. The number of halogens is 1. The van der Waals surface area contributed by atoms with E-state index in [1.165, 1.54) is 20.3 Å². The van der Waals surface area contributed by atoms with Crippen LogP contribution >= 0.6 is 0 Å². The zero-order chi connectivity index (χ0) is 11.3. The van der Waals surface area contributed by atoms with Gasteiger partial charge in [-0.1, -0.05) is 6.92 Å². The lowest BCUT2D eigenvalue weighted by Gasteiger charge is -2.11. The van der Waals surface area contributed by atoms with E-state index in [-0.39, 0.29) is 5.82 Å². The summed E-state index contributed by atoms with van der Waals surface area (Å²) in [6.07, 6.45) is 0. The molecule has 0 radical (unpaired) electrons. The first kappa shape index (κ1) is 11.8. The molecule has 0 heterocycles. The van der Waals surface area contributed by atoms with Gasteiger partial charge in [0, 0.05) is 18.2 Å². The highest BCUT2D eigenvalue weighted by molar-refractivity contribution is 5.43. The summed E-state index contributed by atoms with van der Waals surface area (Å²) in [5.41, 5.74) is 0.578. The van der Waals surface area contributed by atoms with Crippen molar-refractivity contribution in [3.8, 4) is 11.5 Å². The molecule has 1 N–H and O–H groups in total. The van der Waals surface area contributed by atoms with Gasteiger partial charge in [-0.3, -0.25) is 0 Å². The summed E-state index contributed by atoms with van der Waals surface area (Å²) in [5.74, 6) is 0.677. The Morgan fingerprint density at radius 1 is 1.20 bits per heavy atom. The monoisotopic (exact) mass is 213 g/mol. The van der Waals surface area contributed by atoms with Crippen LogP contribution in [0.3, 0.4) is 0 Å². The zero-order valence-corrected chi connectivity index (χ0v) is 9.26. The van der Waals surface area contributed by atoms with Crippen LogP contribution in [-0.4, -0.2) is 20.8 Å². The van der Waals surface area contributed by atoms with Crippen LogP contribution in [0.25, 0.3) is 0 Å². The third-order valence-corrected chi connectivity index (χ3v) is 2.12. The summed E-state index contributed by atoms with van der Waals surface area (Å²) in [7, 11) is 3.02. The number of benzene rings is 1. The van der Waals surface area contributed by atoms with Crippen molar-refractivity contribution in [2.24, 2.45) is 0 Å². The van der Waals surface area contributed by atoms with Gasteiger partial charge < -0.3 is 14.8 Å². The Labute approximate surface area is 89.2 Å². The van der Waals surface area contributed by atoms with Gasteiger partial charge in [0.15, 0.2) is 11.5 Å². The average molecular weight is 213 g/mol. The molecule has 84 valence electrons. The highest BCUT2D eigenvalue weighted by Crippen LogP contribution is 2.29.